The van der Waals surface area contributed by atoms with E-state index in [4.69, 9.17) is 4.74 Å². The number of aromatic nitrogens is 1. The van der Waals surface area contributed by atoms with Gasteiger partial charge in [-0.1, -0.05) is 12.1 Å². The van der Waals surface area contributed by atoms with E-state index in [-0.39, 0.29) is 5.91 Å². The van der Waals surface area contributed by atoms with Crippen molar-refractivity contribution in [2.75, 3.05) is 32.1 Å². The van der Waals surface area contributed by atoms with E-state index in [1.807, 2.05) is 38.1 Å². The summed E-state index contributed by atoms with van der Waals surface area (Å²) >= 11 is 0. The normalized spacial score (nSPS) is 10.3. The van der Waals surface area contributed by atoms with Crippen LogP contribution >= 0.6 is 0 Å². The first-order valence-electron chi connectivity index (χ1n) is 8.30. The van der Waals surface area contributed by atoms with Crippen molar-refractivity contribution in [3.05, 3.63) is 53.9 Å². The summed E-state index contributed by atoms with van der Waals surface area (Å²) in [7, 11) is 1.67. The number of nitrogens with one attached hydrogen (secondary N) is 1. The Labute approximate surface area is 143 Å². The number of carbonyl (C=O) groups is 1. The number of benzene rings is 1. The molecule has 0 unspecified atom stereocenters. The van der Waals surface area contributed by atoms with E-state index in [1.165, 1.54) is 5.56 Å². The van der Waals surface area contributed by atoms with Gasteiger partial charge in [-0.05, 0) is 50.1 Å². The monoisotopic (exact) mass is 327 g/mol. The van der Waals surface area contributed by atoms with E-state index in [1.54, 1.807) is 24.3 Å². The topological polar surface area (TPSA) is 54.5 Å². The fourth-order valence-corrected chi connectivity index (χ4v) is 2.48. The zero-order valence-electron chi connectivity index (χ0n) is 14.6. The molecule has 0 atom stereocenters. The van der Waals surface area contributed by atoms with Crippen molar-refractivity contribution < 1.29 is 9.53 Å². The number of carbonyl (C=O) groups excluding carboxylic acids is 1. The Hall–Kier alpha value is -2.56. The summed E-state index contributed by atoms with van der Waals surface area (Å²) < 4.78 is 5.23. The summed E-state index contributed by atoms with van der Waals surface area (Å²) in [6.07, 6.45) is 2.60. The average molecular weight is 327 g/mol. The average Bonchev–Trinajstić information content (AvgIpc) is 2.63. The summed E-state index contributed by atoms with van der Waals surface area (Å²) in [6, 6.07) is 11.7. The minimum absolute atomic E-state index is 0.0251. The van der Waals surface area contributed by atoms with Crippen molar-refractivity contribution in [3.63, 3.8) is 0 Å². The van der Waals surface area contributed by atoms with Crippen LogP contribution in [0.1, 0.15) is 29.9 Å². The van der Waals surface area contributed by atoms with Crippen molar-refractivity contribution in [2.45, 2.75) is 20.3 Å². The molecule has 5 heteroatoms. The molecule has 0 bridgehead atoms. The molecular weight excluding hydrogens is 302 g/mol. The molecule has 0 aliphatic rings. The summed E-state index contributed by atoms with van der Waals surface area (Å²) in [5.74, 6) is 0.844. The van der Waals surface area contributed by atoms with Gasteiger partial charge in [0, 0.05) is 19.6 Å². The van der Waals surface area contributed by atoms with E-state index < -0.39 is 0 Å². The van der Waals surface area contributed by atoms with Crippen molar-refractivity contribution in [1.82, 2.24) is 9.88 Å². The van der Waals surface area contributed by atoms with Gasteiger partial charge in [-0.3, -0.25) is 4.79 Å². The van der Waals surface area contributed by atoms with Crippen LogP contribution in [0, 0.1) is 0 Å². The first-order valence-corrected chi connectivity index (χ1v) is 8.30. The zero-order chi connectivity index (χ0) is 17.4. The predicted molar refractivity (Wildman–Crippen MR) is 96.7 cm³/mol. The molecule has 2 aromatic rings. The molecule has 0 fully saturated rings. The molecule has 2 rings (SSSR count). The number of rotatable bonds is 8. The lowest BCUT2D eigenvalue weighted by Gasteiger charge is -2.18. The van der Waals surface area contributed by atoms with Gasteiger partial charge in [0.2, 0.25) is 0 Å². The predicted octanol–water partition coefficient (Wildman–Crippen LogP) is 3.23. The Kier molecular flexibility index (Phi) is 6.61. The highest BCUT2D eigenvalue weighted by molar-refractivity contribution is 5.92. The van der Waals surface area contributed by atoms with Crippen molar-refractivity contribution in [2.24, 2.45) is 0 Å². The lowest BCUT2D eigenvalue weighted by atomic mass is 10.1. The highest BCUT2D eigenvalue weighted by Gasteiger charge is 2.13. The Bertz CT molecular complexity index is 652. The van der Waals surface area contributed by atoms with E-state index in [0.29, 0.717) is 18.8 Å². The summed E-state index contributed by atoms with van der Waals surface area (Å²) in [4.78, 5) is 18.2. The molecule has 1 aromatic carbocycles. The van der Waals surface area contributed by atoms with Crippen LogP contribution in [0.4, 0.5) is 5.69 Å². The van der Waals surface area contributed by atoms with Crippen LogP contribution in [0.5, 0.6) is 5.75 Å². The molecule has 0 saturated heterocycles. The molecule has 0 aliphatic heterocycles. The Balaban J connectivity index is 1.88. The SMILES string of the molecule is CCN(CC)C(=O)c1ccc(NCCc2cccc(OC)c2)cn1. The largest absolute Gasteiger partial charge is 0.497 e. The number of pyridine rings is 1. The molecule has 0 spiro atoms. The molecule has 1 heterocycles. The third-order valence-corrected chi connectivity index (χ3v) is 3.91. The van der Waals surface area contributed by atoms with E-state index >= 15 is 0 Å². The Morgan fingerprint density at radius 3 is 2.62 bits per heavy atom. The first-order chi connectivity index (χ1) is 11.7. The van der Waals surface area contributed by atoms with Crippen molar-refractivity contribution in [1.29, 1.82) is 0 Å². The number of nitrogens with zero attached hydrogens (tertiary/aromatic N) is 2. The van der Waals surface area contributed by atoms with E-state index in [2.05, 4.69) is 16.4 Å². The van der Waals surface area contributed by atoms with Crippen LogP contribution in [0.2, 0.25) is 0 Å². The zero-order valence-corrected chi connectivity index (χ0v) is 14.6. The highest BCUT2D eigenvalue weighted by atomic mass is 16.5. The second kappa shape index (κ2) is 8.91. The molecule has 0 radical (unpaired) electrons. The van der Waals surface area contributed by atoms with Crippen LogP contribution in [0.3, 0.4) is 0 Å². The van der Waals surface area contributed by atoms with Gasteiger partial charge in [-0.2, -0.15) is 0 Å². The molecule has 1 amide bonds. The second-order valence-corrected chi connectivity index (χ2v) is 5.44. The van der Waals surface area contributed by atoms with Crippen LogP contribution < -0.4 is 10.1 Å². The van der Waals surface area contributed by atoms with Gasteiger partial charge in [0.1, 0.15) is 11.4 Å². The third-order valence-electron chi connectivity index (χ3n) is 3.91. The molecular formula is C19H25N3O2. The van der Waals surface area contributed by atoms with Gasteiger partial charge < -0.3 is 15.0 Å². The van der Waals surface area contributed by atoms with Crippen LogP contribution in [-0.4, -0.2) is 42.5 Å². The first kappa shape index (κ1) is 17.8. The maximum absolute atomic E-state index is 12.2. The smallest absolute Gasteiger partial charge is 0.272 e. The van der Waals surface area contributed by atoms with Gasteiger partial charge in [0.05, 0.1) is 19.0 Å². The lowest BCUT2D eigenvalue weighted by Crippen LogP contribution is -2.31. The number of methoxy groups -OCH3 is 1. The Morgan fingerprint density at radius 2 is 2.00 bits per heavy atom. The van der Waals surface area contributed by atoms with Crippen molar-refractivity contribution >= 4 is 11.6 Å². The van der Waals surface area contributed by atoms with Gasteiger partial charge in [-0.25, -0.2) is 4.98 Å². The standard InChI is InChI=1S/C19H25N3O2/c1-4-22(5-2)19(23)18-10-9-16(14-21-18)20-12-11-15-7-6-8-17(13-15)24-3/h6-10,13-14,20H,4-5,11-12H2,1-3H3. The maximum Gasteiger partial charge on any atom is 0.272 e. The van der Waals surface area contributed by atoms with Gasteiger partial charge >= 0.3 is 0 Å². The number of hydrogen-bond acceptors (Lipinski definition) is 4. The molecule has 128 valence electrons. The van der Waals surface area contributed by atoms with Gasteiger partial charge in [0.15, 0.2) is 0 Å². The quantitative estimate of drug-likeness (QED) is 0.809. The number of ether oxygens (including phenoxy) is 1. The third kappa shape index (κ3) is 4.72. The fraction of sp³-hybridized carbons (Fsp3) is 0.368. The molecule has 5 nitrogen and oxygen atoms in total. The summed E-state index contributed by atoms with van der Waals surface area (Å²) in [6.45, 7) is 6.11. The van der Waals surface area contributed by atoms with E-state index in [9.17, 15) is 4.79 Å². The Morgan fingerprint density at radius 1 is 1.21 bits per heavy atom. The summed E-state index contributed by atoms with van der Waals surface area (Å²) in [5, 5.41) is 3.33. The summed E-state index contributed by atoms with van der Waals surface area (Å²) in [5.41, 5.74) is 2.61. The minimum atomic E-state index is -0.0251. The lowest BCUT2D eigenvalue weighted by molar-refractivity contribution is 0.0767. The second-order valence-electron chi connectivity index (χ2n) is 5.44. The number of amides is 1. The molecule has 0 aliphatic carbocycles. The molecule has 1 N–H and O–H groups in total. The van der Waals surface area contributed by atoms with E-state index in [0.717, 1.165) is 24.4 Å². The number of hydrogen-bond donors (Lipinski definition) is 1. The van der Waals surface area contributed by atoms with Crippen LogP contribution in [0.15, 0.2) is 42.6 Å². The maximum atomic E-state index is 12.2. The van der Waals surface area contributed by atoms with Gasteiger partial charge in [-0.15, -0.1) is 0 Å². The van der Waals surface area contributed by atoms with Crippen molar-refractivity contribution in [3.8, 4) is 5.75 Å². The van der Waals surface area contributed by atoms with Crippen LogP contribution in [0.25, 0.3) is 0 Å². The van der Waals surface area contributed by atoms with Gasteiger partial charge in [0.25, 0.3) is 5.91 Å². The fourth-order valence-electron chi connectivity index (χ4n) is 2.48. The number of anilines is 1. The minimum Gasteiger partial charge on any atom is -0.497 e. The molecule has 1 aromatic heterocycles. The van der Waals surface area contributed by atoms with Crippen LogP contribution in [-0.2, 0) is 6.42 Å². The molecule has 0 saturated carbocycles. The molecule has 24 heavy (non-hydrogen) atoms. The highest BCUT2D eigenvalue weighted by Crippen LogP contribution is 2.13.